The summed E-state index contributed by atoms with van der Waals surface area (Å²) >= 11 is 0. The summed E-state index contributed by atoms with van der Waals surface area (Å²) in [7, 11) is 0. The molecule has 0 spiro atoms. The van der Waals surface area contributed by atoms with Gasteiger partial charge in [0.1, 0.15) is 6.04 Å². The molecule has 2 aliphatic heterocycles. The summed E-state index contributed by atoms with van der Waals surface area (Å²) in [5.41, 5.74) is 0. The molecule has 0 radical (unpaired) electrons. The van der Waals surface area contributed by atoms with Crippen LogP contribution in [0, 0.1) is 5.92 Å². The Bertz CT molecular complexity index is 395. The zero-order chi connectivity index (χ0) is 15.6. The van der Waals surface area contributed by atoms with E-state index in [1.165, 1.54) is 0 Å². The summed E-state index contributed by atoms with van der Waals surface area (Å²) in [6, 6.07) is -0.147. The number of carbonyl (C=O) groups excluding carboxylic acids is 2. The molecule has 0 aliphatic carbocycles. The van der Waals surface area contributed by atoms with E-state index in [9.17, 15) is 9.59 Å². The molecule has 1 N–H and O–H groups in total. The molecular formula is C16H29N3O2. The van der Waals surface area contributed by atoms with E-state index in [1.807, 2.05) is 13.8 Å². The Balaban J connectivity index is 2.22. The lowest BCUT2D eigenvalue weighted by atomic mass is 9.95. The summed E-state index contributed by atoms with van der Waals surface area (Å²) in [4.78, 5) is 25.4. The standard InChI is InChI=1S/C16H29N3O2/c1-11(2)15(20)14-8-6-10-18-9-5-7-13(17-12(3)4)16(21)19(14)18/h11-14,17H,5-10H2,1-4H3. The third kappa shape index (κ3) is 3.64. The highest BCUT2D eigenvalue weighted by Gasteiger charge is 2.41. The molecule has 0 aromatic carbocycles. The minimum Gasteiger partial charge on any atom is -0.304 e. The minimum absolute atomic E-state index is 0.0255. The van der Waals surface area contributed by atoms with E-state index in [1.54, 1.807) is 5.01 Å². The van der Waals surface area contributed by atoms with Gasteiger partial charge in [-0.2, -0.15) is 0 Å². The second kappa shape index (κ2) is 6.88. The first-order valence-electron chi connectivity index (χ1n) is 8.29. The van der Waals surface area contributed by atoms with Crippen LogP contribution in [-0.2, 0) is 9.59 Å². The summed E-state index contributed by atoms with van der Waals surface area (Å²) in [5, 5.41) is 7.26. The van der Waals surface area contributed by atoms with Crippen LogP contribution in [0.4, 0.5) is 0 Å². The highest BCUT2D eigenvalue weighted by Crippen LogP contribution is 2.26. The van der Waals surface area contributed by atoms with Gasteiger partial charge in [0, 0.05) is 25.0 Å². The van der Waals surface area contributed by atoms with Crippen LogP contribution in [0.15, 0.2) is 0 Å². The molecule has 2 heterocycles. The van der Waals surface area contributed by atoms with Gasteiger partial charge in [0.05, 0.1) is 6.04 Å². The van der Waals surface area contributed by atoms with Gasteiger partial charge in [-0.25, -0.2) is 5.01 Å². The smallest absolute Gasteiger partial charge is 0.254 e. The van der Waals surface area contributed by atoms with E-state index in [0.29, 0.717) is 0 Å². The molecule has 5 heteroatoms. The average molecular weight is 295 g/mol. The fourth-order valence-electron chi connectivity index (χ4n) is 3.37. The third-order valence-corrected chi connectivity index (χ3v) is 4.36. The van der Waals surface area contributed by atoms with Crippen LogP contribution in [-0.4, -0.2) is 52.9 Å². The van der Waals surface area contributed by atoms with Gasteiger partial charge in [0.15, 0.2) is 5.78 Å². The van der Waals surface area contributed by atoms with Crippen molar-refractivity contribution in [2.75, 3.05) is 13.1 Å². The monoisotopic (exact) mass is 295 g/mol. The second-order valence-corrected chi connectivity index (χ2v) is 6.87. The zero-order valence-corrected chi connectivity index (χ0v) is 13.8. The van der Waals surface area contributed by atoms with E-state index >= 15 is 0 Å². The lowest BCUT2D eigenvalue weighted by Gasteiger charge is -2.44. The van der Waals surface area contributed by atoms with Crippen LogP contribution in [0.5, 0.6) is 0 Å². The highest BCUT2D eigenvalue weighted by atomic mass is 16.2. The third-order valence-electron chi connectivity index (χ3n) is 4.36. The molecule has 21 heavy (non-hydrogen) atoms. The number of hydrogen-bond acceptors (Lipinski definition) is 4. The maximum atomic E-state index is 12.9. The predicted molar refractivity (Wildman–Crippen MR) is 82.6 cm³/mol. The normalized spacial score (nSPS) is 27.9. The fraction of sp³-hybridized carbons (Fsp3) is 0.875. The average Bonchev–Trinajstić information content (AvgIpc) is 2.58. The topological polar surface area (TPSA) is 52.7 Å². The molecule has 2 aliphatic rings. The van der Waals surface area contributed by atoms with Gasteiger partial charge in [-0.05, 0) is 25.7 Å². The number of nitrogens with one attached hydrogen (secondary N) is 1. The molecule has 0 aromatic rings. The Hall–Kier alpha value is -0.940. The van der Waals surface area contributed by atoms with Gasteiger partial charge in [-0.1, -0.05) is 27.7 Å². The Labute approximate surface area is 128 Å². The first-order valence-corrected chi connectivity index (χ1v) is 8.29. The van der Waals surface area contributed by atoms with Crippen LogP contribution in [0.3, 0.4) is 0 Å². The van der Waals surface area contributed by atoms with Crippen molar-refractivity contribution in [3.05, 3.63) is 0 Å². The largest absolute Gasteiger partial charge is 0.304 e. The first-order chi connectivity index (χ1) is 9.91. The number of ketones is 1. The second-order valence-electron chi connectivity index (χ2n) is 6.87. The molecule has 0 saturated carbocycles. The number of fused-ring (bicyclic) bond motifs is 1. The number of Topliss-reactive ketones (excluding diaryl/α,β-unsaturated/α-hetero) is 1. The summed E-state index contributed by atoms with van der Waals surface area (Å²) in [6.07, 6.45) is 3.64. The number of amides is 1. The van der Waals surface area contributed by atoms with Gasteiger partial charge < -0.3 is 5.32 Å². The fourth-order valence-corrected chi connectivity index (χ4v) is 3.37. The number of nitrogens with zero attached hydrogens (tertiary/aromatic N) is 2. The van der Waals surface area contributed by atoms with Crippen molar-refractivity contribution in [3.8, 4) is 0 Å². The Morgan fingerprint density at radius 3 is 2.33 bits per heavy atom. The van der Waals surface area contributed by atoms with Crippen molar-refractivity contribution in [1.29, 1.82) is 0 Å². The predicted octanol–water partition coefficient (Wildman–Crippen LogP) is 1.58. The first kappa shape index (κ1) is 16.4. The van der Waals surface area contributed by atoms with Crippen molar-refractivity contribution in [2.45, 2.75) is 71.5 Å². The quantitative estimate of drug-likeness (QED) is 0.855. The number of hydrogen-bond donors (Lipinski definition) is 1. The van der Waals surface area contributed by atoms with Gasteiger partial charge in [0.2, 0.25) is 0 Å². The number of hydrazine groups is 1. The Kier molecular flexibility index (Phi) is 5.38. The van der Waals surface area contributed by atoms with Crippen molar-refractivity contribution in [2.24, 2.45) is 5.92 Å². The van der Waals surface area contributed by atoms with Gasteiger partial charge in [-0.15, -0.1) is 0 Å². The van der Waals surface area contributed by atoms with Crippen LogP contribution >= 0.6 is 0 Å². The molecule has 0 aromatic heterocycles. The lowest BCUT2D eigenvalue weighted by Crippen LogP contribution is -2.61. The molecule has 120 valence electrons. The van der Waals surface area contributed by atoms with Crippen molar-refractivity contribution in [3.63, 3.8) is 0 Å². The van der Waals surface area contributed by atoms with E-state index in [2.05, 4.69) is 24.2 Å². The molecule has 0 bridgehead atoms. The highest BCUT2D eigenvalue weighted by molar-refractivity contribution is 5.91. The molecular weight excluding hydrogens is 266 g/mol. The van der Waals surface area contributed by atoms with Crippen molar-refractivity contribution < 1.29 is 9.59 Å². The maximum Gasteiger partial charge on any atom is 0.254 e. The summed E-state index contributed by atoms with van der Waals surface area (Å²) in [5.74, 6) is 0.251. The van der Waals surface area contributed by atoms with E-state index < -0.39 is 0 Å². The van der Waals surface area contributed by atoms with Crippen LogP contribution in [0.2, 0.25) is 0 Å². The van der Waals surface area contributed by atoms with E-state index in [0.717, 1.165) is 38.8 Å². The molecule has 1 amide bonds. The van der Waals surface area contributed by atoms with Gasteiger partial charge >= 0.3 is 0 Å². The molecule has 2 saturated heterocycles. The summed E-state index contributed by atoms with van der Waals surface area (Å²) in [6.45, 7) is 9.73. The number of carbonyl (C=O) groups is 2. The van der Waals surface area contributed by atoms with Crippen molar-refractivity contribution >= 4 is 11.7 Å². The van der Waals surface area contributed by atoms with Crippen LogP contribution < -0.4 is 5.32 Å². The maximum absolute atomic E-state index is 12.9. The molecule has 2 atom stereocenters. The zero-order valence-electron chi connectivity index (χ0n) is 13.8. The summed E-state index contributed by atoms with van der Waals surface area (Å²) < 4.78 is 0. The van der Waals surface area contributed by atoms with Gasteiger partial charge in [-0.3, -0.25) is 14.6 Å². The van der Waals surface area contributed by atoms with Crippen molar-refractivity contribution in [1.82, 2.24) is 15.3 Å². The molecule has 2 fully saturated rings. The number of rotatable bonds is 4. The Morgan fingerprint density at radius 1 is 1.14 bits per heavy atom. The van der Waals surface area contributed by atoms with Gasteiger partial charge in [0.25, 0.3) is 5.91 Å². The molecule has 2 unspecified atom stereocenters. The minimum atomic E-state index is -0.263. The van der Waals surface area contributed by atoms with Crippen LogP contribution in [0.25, 0.3) is 0 Å². The van der Waals surface area contributed by atoms with E-state index in [-0.39, 0.29) is 35.7 Å². The molecule has 2 rings (SSSR count). The van der Waals surface area contributed by atoms with Crippen LogP contribution in [0.1, 0.15) is 53.4 Å². The SMILES string of the molecule is CC(C)NC1CCCN2CCCC(C(=O)C(C)C)N2C1=O. The Morgan fingerprint density at radius 2 is 1.76 bits per heavy atom. The lowest BCUT2D eigenvalue weighted by molar-refractivity contribution is -0.167. The molecule has 5 nitrogen and oxygen atoms in total. The van der Waals surface area contributed by atoms with E-state index in [4.69, 9.17) is 0 Å².